The first-order chi connectivity index (χ1) is 53.5. The molecule has 11 rings (SSSR count). The van der Waals surface area contributed by atoms with Crippen molar-refractivity contribution in [3.63, 3.8) is 0 Å². The molecule has 0 aromatic heterocycles. The third-order valence-electron chi connectivity index (χ3n) is 24.9. The van der Waals surface area contributed by atoms with Crippen molar-refractivity contribution in [1.29, 1.82) is 0 Å². The predicted molar refractivity (Wildman–Crippen MR) is 499 cm³/mol. The largest absolute Gasteiger partial charge is 0.0985 e. The molecule has 0 heterocycles. The second-order valence-corrected chi connectivity index (χ2v) is 34.7. The van der Waals surface area contributed by atoms with Crippen LogP contribution >= 0.6 is 31.9 Å². The third kappa shape index (κ3) is 24.8. The molecule has 110 heavy (non-hydrogen) atoms. The average molecular weight is 1600 g/mol. The highest BCUT2D eigenvalue weighted by Crippen LogP contribution is 2.58. The van der Waals surface area contributed by atoms with Crippen molar-refractivity contribution in [3.8, 4) is 33.4 Å². The third-order valence-corrected chi connectivity index (χ3v) is 25.8. The first-order valence-corrected chi connectivity index (χ1v) is 46.0. The van der Waals surface area contributed by atoms with Gasteiger partial charge in [0.1, 0.15) is 0 Å². The van der Waals surface area contributed by atoms with Gasteiger partial charge >= 0.3 is 0 Å². The fourth-order valence-electron chi connectivity index (χ4n) is 18.7. The van der Waals surface area contributed by atoms with Crippen molar-refractivity contribution in [1.82, 2.24) is 0 Å². The van der Waals surface area contributed by atoms with Gasteiger partial charge in [0, 0.05) is 25.2 Å². The number of unbranched alkanes of at least 4 members (excludes halogenated alkanes) is 30. The normalized spacial score (nSPS) is 13.5. The van der Waals surface area contributed by atoms with Crippen LogP contribution < -0.4 is 0 Å². The van der Waals surface area contributed by atoms with Gasteiger partial charge in [0.25, 0.3) is 0 Å². The Bertz CT molecular complexity index is 3780. The molecule has 0 N–H and O–H groups in total. The monoisotopic (exact) mass is 1600 g/mol. The molecule has 3 aliphatic carbocycles. The van der Waals surface area contributed by atoms with Crippen molar-refractivity contribution in [2.24, 2.45) is 0 Å². The van der Waals surface area contributed by atoms with Crippen LogP contribution in [0.1, 0.15) is 385 Å². The predicted octanol–water partition coefficient (Wildman–Crippen LogP) is 36.2. The first-order valence-electron chi connectivity index (χ1n) is 44.5. The van der Waals surface area contributed by atoms with Crippen molar-refractivity contribution >= 4 is 68.3 Å². The van der Waals surface area contributed by atoms with Crippen LogP contribution in [0.4, 0.5) is 0 Å². The number of halogens is 2. The molecule has 0 spiro atoms. The van der Waals surface area contributed by atoms with Gasteiger partial charge in [0.15, 0.2) is 0 Å². The summed E-state index contributed by atoms with van der Waals surface area (Å²) in [7, 11) is 0. The summed E-state index contributed by atoms with van der Waals surface area (Å²) in [5.74, 6) is 0. The highest BCUT2D eigenvalue weighted by Gasteiger charge is 2.45. The lowest BCUT2D eigenvalue weighted by Gasteiger charge is -2.33. The lowest BCUT2D eigenvalue weighted by Crippen LogP contribution is -2.25. The Morgan fingerprint density at radius 1 is 0.227 bits per heavy atom. The molecule has 2 heteroatoms. The summed E-state index contributed by atoms with van der Waals surface area (Å²) in [6.45, 7) is 22.0. The van der Waals surface area contributed by atoms with Crippen LogP contribution in [0.25, 0.3) is 69.8 Å². The minimum atomic E-state index is 0. The summed E-state index contributed by atoms with van der Waals surface area (Å²) in [4.78, 5) is 0. The molecule has 0 saturated carbocycles. The lowest BCUT2D eigenvalue weighted by atomic mass is 9.70. The van der Waals surface area contributed by atoms with Crippen LogP contribution in [-0.4, -0.2) is 0 Å². The van der Waals surface area contributed by atoms with E-state index in [-0.39, 0.29) is 23.7 Å². The summed E-state index contributed by atoms with van der Waals surface area (Å²) in [6, 6.07) is 64.0. The van der Waals surface area contributed by atoms with Gasteiger partial charge in [0.2, 0.25) is 0 Å². The van der Waals surface area contributed by atoms with Crippen LogP contribution in [0.5, 0.6) is 0 Å². The van der Waals surface area contributed by atoms with Crippen molar-refractivity contribution in [3.05, 3.63) is 259 Å². The molecule has 590 valence electrons. The Balaban J connectivity index is 0.000000211. The second kappa shape index (κ2) is 48.7. The maximum atomic E-state index is 4.08. The molecule has 8 aromatic carbocycles. The van der Waals surface area contributed by atoms with Crippen LogP contribution in [-0.2, 0) is 16.2 Å². The second-order valence-electron chi connectivity index (χ2n) is 32.8. The number of benzene rings is 8. The SMILES string of the molecule is C.C=Cc1ccc2c(c1)C(CCCCCCCC)(CCCCCCCC)c1cc(C=C)ccc1-2.CCCCCCCCC1(CCCCCCCC)c2cc(/C=C/c3ccccc3)ccc2-c2ccc(/C=C/c3ccccc3)cc21.CCCCCCCCC1(CCCCCCCC)c2cc(Br)ccc2-c2ccc(Br)cc21. The Morgan fingerprint density at radius 2 is 0.427 bits per heavy atom. The van der Waals surface area contributed by atoms with E-state index in [1.54, 1.807) is 33.4 Å². The first kappa shape index (κ1) is 89.2. The van der Waals surface area contributed by atoms with E-state index in [2.05, 4.69) is 281 Å². The van der Waals surface area contributed by atoms with Gasteiger partial charge in [-0.25, -0.2) is 0 Å². The summed E-state index contributed by atoms with van der Waals surface area (Å²) in [6.07, 6.45) is 69.4. The molecule has 0 atom stereocenters. The molecular weight excluding hydrogens is 1460 g/mol. The van der Waals surface area contributed by atoms with Gasteiger partial charge in [-0.1, -0.05) is 507 Å². The van der Waals surface area contributed by atoms with E-state index >= 15 is 0 Å². The average Bonchev–Trinajstić information content (AvgIpc) is 1.84. The van der Waals surface area contributed by atoms with Crippen LogP contribution in [0.2, 0.25) is 0 Å². The summed E-state index contributed by atoms with van der Waals surface area (Å²) < 4.78 is 2.43. The van der Waals surface area contributed by atoms with E-state index in [1.165, 1.54) is 345 Å². The number of hydrogen-bond acceptors (Lipinski definition) is 0. The van der Waals surface area contributed by atoms with E-state index in [4.69, 9.17) is 0 Å². The quantitative estimate of drug-likeness (QED) is 0.0263. The molecule has 0 fully saturated rings. The van der Waals surface area contributed by atoms with E-state index in [0.717, 1.165) is 0 Å². The van der Waals surface area contributed by atoms with E-state index in [9.17, 15) is 0 Å². The van der Waals surface area contributed by atoms with Crippen LogP contribution in [0.15, 0.2) is 192 Å². The van der Waals surface area contributed by atoms with Crippen LogP contribution in [0.3, 0.4) is 0 Å². The van der Waals surface area contributed by atoms with Crippen molar-refractivity contribution in [2.45, 2.75) is 335 Å². The van der Waals surface area contributed by atoms with Gasteiger partial charge in [-0.15, -0.1) is 0 Å². The summed E-state index contributed by atoms with van der Waals surface area (Å²) in [5, 5.41) is 0. The van der Waals surface area contributed by atoms with E-state index in [1.807, 2.05) is 12.2 Å². The Kier molecular flexibility index (Phi) is 39.5. The molecular formula is C108H144Br2. The standard InChI is InChI=1S/C45H54.C33H46.C29H40Br2.CH4/c1-3-5-7-9-11-19-33-45(34-20-12-10-8-6-4-2)43-35-39(27-25-37-21-15-13-16-22-37)29-31-41(43)42-32-30-40(36-44(42)45)28-26-38-23-17-14-18-24-38;1-5-9-11-13-15-17-23-33(24-18-16-14-12-10-6-2)31-25-27(7-3)19-21-29(31)30-22-20-28(8-4)26-32(30)33;1-3-5-7-9-11-13-19-29(20-14-12-10-8-6-4-2)27-21-23(30)15-17-25(27)26-18-16-24(31)22-28(26)29;/h13-18,21-32,35-36H,3-12,19-20,33-34H2,1-2H3;7-8,19-22,25-26H,3-6,9-18,23-24H2,1-2H3;15-18,21-22H,3-14,19-20H2,1-2H3;1H4/b27-25+,28-26+;;;. The maximum Gasteiger partial charge on any atom is 0.0216 e. The number of hydrogen-bond donors (Lipinski definition) is 0. The Labute approximate surface area is 690 Å². The summed E-state index contributed by atoms with van der Waals surface area (Å²) in [5.41, 5.74) is 26.1. The molecule has 0 amide bonds. The smallest absolute Gasteiger partial charge is 0.0216 e. The highest BCUT2D eigenvalue weighted by atomic mass is 79.9. The van der Waals surface area contributed by atoms with Crippen LogP contribution in [0, 0.1) is 0 Å². The minimum absolute atomic E-state index is 0. The topological polar surface area (TPSA) is 0 Å². The zero-order chi connectivity index (χ0) is 76.8. The van der Waals surface area contributed by atoms with Crippen molar-refractivity contribution in [2.75, 3.05) is 0 Å². The summed E-state index contributed by atoms with van der Waals surface area (Å²) >= 11 is 7.57. The maximum absolute atomic E-state index is 4.08. The van der Waals surface area contributed by atoms with E-state index < -0.39 is 0 Å². The van der Waals surface area contributed by atoms with E-state index in [0.29, 0.717) is 0 Å². The molecule has 3 aliphatic rings. The van der Waals surface area contributed by atoms with Gasteiger partial charge in [-0.3, -0.25) is 0 Å². The van der Waals surface area contributed by atoms with Gasteiger partial charge in [-0.05, 0) is 163 Å². The zero-order valence-electron chi connectivity index (χ0n) is 69.0. The lowest BCUT2D eigenvalue weighted by molar-refractivity contribution is 0.397. The minimum Gasteiger partial charge on any atom is -0.0985 e. The van der Waals surface area contributed by atoms with Crippen molar-refractivity contribution < 1.29 is 0 Å². The molecule has 0 bridgehead atoms. The Morgan fingerprint density at radius 3 is 0.673 bits per heavy atom. The number of rotatable bonds is 48. The molecule has 0 nitrogen and oxygen atoms in total. The molecule has 0 radical (unpaired) electrons. The number of fused-ring (bicyclic) bond motifs is 9. The van der Waals surface area contributed by atoms with Gasteiger partial charge in [0.05, 0.1) is 0 Å². The highest BCUT2D eigenvalue weighted by molar-refractivity contribution is 9.10. The molecule has 8 aromatic rings. The molecule has 0 unspecified atom stereocenters. The van der Waals surface area contributed by atoms with Gasteiger partial charge in [-0.2, -0.15) is 0 Å². The fourth-order valence-corrected chi connectivity index (χ4v) is 19.4. The molecule has 0 aliphatic heterocycles. The zero-order valence-corrected chi connectivity index (χ0v) is 72.2. The van der Waals surface area contributed by atoms with Gasteiger partial charge < -0.3 is 0 Å². The molecule has 0 saturated heterocycles. The Hall–Kier alpha value is -6.32. The fraction of sp³-hybridized carbons (Fsp3) is 0.481.